The summed E-state index contributed by atoms with van der Waals surface area (Å²) in [6, 6.07) is 2.03. The molecule has 0 saturated carbocycles. The molecule has 118 valence electrons. The Hall–Kier alpha value is -2.18. The van der Waals surface area contributed by atoms with E-state index in [2.05, 4.69) is 31.9 Å². The molecule has 1 aliphatic heterocycles. The molecule has 0 N–H and O–H groups in total. The molecule has 7 nitrogen and oxygen atoms in total. The molecule has 3 rings (SSSR count). The topological polar surface area (TPSA) is 71.2 Å². The van der Waals surface area contributed by atoms with Gasteiger partial charge in [0, 0.05) is 33.1 Å². The zero-order chi connectivity index (χ0) is 15.5. The summed E-state index contributed by atoms with van der Waals surface area (Å²) in [7, 11) is 1.97. The van der Waals surface area contributed by atoms with Gasteiger partial charge in [-0.3, -0.25) is 0 Å². The fraction of sp³-hybridized carbons (Fsp3) is 0.600. The Morgan fingerprint density at radius 3 is 3.00 bits per heavy atom. The van der Waals surface area contributed by atoms with Crippen molar-refractivity contribution in [3.8, 4) is 0 Å². The van der Waals surface area contributed by atoms with Crippen LogP contribution in [0.4, 0.5) is 11.6 Å². The monoisotopic (exact) mass is 302 g/mol. The molecule has 0 spiro atoms. The second-order valence-corrected chi connectivity index (χ2v) is 6.01. The second kappa shape index (κ2) is 6.29. The van der Waals surface area contributed by atoms with Gasteiger partial charge >= 0.3 is 0 Å². The van der Waals surface area contributed by atoms with E-state index in [1.807, 2.05) is 18.0 Å². The fourth-order valence-electron chi connectivity index (χ4n) is 2.82. The lowest BCUT2D eigenvalue weighted by molar-refractivity contribution is 0.387. The first-order valence-corrected chi connectivity index (χ1v) is 7.69. The highest BCUT2D eigenvalue weighted by Gasteiger charge is 2.18. The predicted octanol–water partition coefficient (Wildman–Crippen LogP) is 2.04. The number of piperidine rings is 1. The molecule has 22 heavy (non-hydrogen) atoms. The van der Waals surface area contributed by atoms with Crippen molar-refractivity contribution in [2.75, 3.05) is 29.9 Å². The minimum atomic E-state index is 0.560. The van der Waals surface area contributed by atoms with Crippen LogP contribution in [-0.2, 0) is 6.54 Å². The number of aryl methyl sites for hydroxylation is 1. The molecular weight excluding hydrogens is 280 g/mol. The lowest BCUT2D eigenvalue weighted by Crippen LogP contribution is -2.35. The number of hydrogen-bond donors (Lipinski definition) is 0. The second-order valence-electron chi connectivity index (χ2n) is 6.01. The number of hydrogen-bond acceptors (Lipinski definition) is 7. The molecule has 1 fully saturated rings. The van der Waals surface area contributed by atoms with Crippen molar-refractivity contribution in [3.05, 3.63) is 24.1 Å². The molecule has 1 unspecified atom stereocenters. The fourth-order valence-corrected chi connectivity index (χ4v) is 2.82. The Labute approximate surface area is 130 Å². The van der Waals surface area contributed by atoms with Crippen LogP contribution in [0.1, 0.15) is 31.5 Å². The van der Waals surface area contributed by atoms with Gasteiger partial charge in [0.05, 0.1) is 6.54 Å². The summed E-state index contributed by atoms with van der Waals surface area (Å²) in [5.41, 5.74) is 0. The molecule has 0 amide bonds. The molecule has 0 aromatic carbocycles. The number of rotatable bonds is 4. The quantitative estimate of drug-likeness (QED) is 0.855. The molecule has 1 atom stereocenters. The van der Waals surface area contributed by atoms with Crippen molar-refractivity contribution in [2.24, 2.45) is 5.92 Å². The first kappa shape index (κ1) is 14.7. The Kier molecular flexibility index (Phi) is 4.22. The van der Waals surface area contributed by atoms with Crippen molar-refractivity contribution < 1.29 is 4.52 Å². The van der Waals surface area contributed by atoms with Gasteiger partial charge in [-0.05, 0) is 18.8 Å². The third-order valence-corrected chi connectivity index (χ3v) is 3.96. The molecule has 1 aliphatic rings. The largest absolute Gasteiger partial charge is 0.356 e. The maximum atomic E-state index is 5.00. The summed E-state index contributed by atoms with van der Waals surface area (Å²) in [6.45, 7) is 6.76. The predicted molar refractivity (Wildman–Crippen MR) is 83.8 cm³/mol. The van der Waals surface area contributed by atoms with Crippen molar-refractivity contribution >= 4 is 11.6 Å². The third-order valence-electron chi connectivity index (χ3n) is 3.96. The van der Waals surface area contributed by atoms with Crippen LogP contribution in [0.2, 0.25) is 0 Å². The zero-order valence-corrected chi connectivity index (χ0v) is 13.4. The third kappa shape index (κ3) is 3.35. The van der Waals surface area contributed by atoms with E-state index >= 15 is 0 Å². The van der Waals surface area contributed by atoms with Crippen LogP contribution in [0.25, 0.3) is 0 Å². The molecule has 0 bridgehead atoms. The van der Waals surface area contributed by atoms with E-state index in [9.17, 15) is 0 Å². The standard InChI is InChI=1S/C15H22N6O/c1-11-5-4-6-21(8-11)15-7-14(16-10-17-15)20(3)9-13-18-12(2)22-19-13/h7,10-11H,4-6,8-9H2,1-3H3. The molecular formula is C15H22N6O. The van der Waals surface area contributed by atoms with E-state index < -0.39 is 0 Å². The Morgan fingerprint density at radius 1 is 1.41 bits per heavy atom. The van der Waals surface area contributed by atoms with E-state index in [0.29, 0.717) is 24.2 Å². The van der Waals surface area contributed by atoms with Crippen molar-refractivity contribution in [1.29, 1.82) is 0 Å². The van der Waals surface area contributed by atoms with E-state index in [-0.39, 0.29) is 0 Å². The van der Waals surface area contributed by atoms with E-state index in [4.69, 9.17) is 4.52 Å². The smallest absolute Gasteiger partial charge is 0.223 e. The van der Waals surface area contributed by atoms with Gasteiger partial charge in [0.2, 0.25) is 5.89 Å². The first-order valence-electron chi connectivity index (χ1n) is 7.69. The van der Waals surface area contributed by atoms with Gasteiger partial charge in [-0.2, -0.15) is 4.98 Å². The molecule has 7 heteroatoms. The minimum Gasteiger partial charge on any atom is -0.356 e. The van der Waals surface area contributed by atoms with Crippen LogP contribution in [0.15, 0.2) is 16.9 Å². The number of aromatic nitrogens is 4. The number of anilines is 2. The summed E-state index contributed by atoms with van der Waals surface area (Å²) in [5.74, 6) is 3.81. The number of nitrogens with zero attached hydrogens (tertiary/aromatic N) is 6. The van der Waals surface area contributed by atoms with E-state index in [1.165, 1.54) is 12.8 Å². The van der Waals surface area contributed by atoms with E-state index in [1.54, 1.807) is 13.3 Å². The summed E-state index contributed by atoms with van der Waals surface area (Å²) in [6.07, 6.45) is 4.14. The van der Waals surface area contributed by atoms with Gasteiger partial charge in [0.15, 0.2) is 5.82 Å². The van der Waals surface area contributed by atoms with Gasteiger partial charge in [0.1, 0.15) is 18.0 Å². The first-order chi connectivity index (χ1) is 10.6. The summed E-state index contributed by atoms with van der Waals surface area (Å²) >= 11 is 0. The highest BCUT2D eigenvalue weighted by atomic mass is 16.5. The summed E-state index contributed by atoms with van der Waals surface area (Å²) in [4.78, 5) is 17.4. The van der Waals surface area contributed by atoms with E-state index in [0.717, 1.165) is 24.7 Å². The molecule has 0 radical (unpaired) electrons. The van der Waals surface area contributed by atoms with Gasteiger partial charge in [0.25, 0.3) is 0 Å². The molecule has 2 aromatic heterocycles. The highest BCUT2D eigenvalue weighted by molar-refractivity contribution is 5.50. The molecule has 1 saturated heterocycles. The molecule has 2 aromatic rings. The van der Waals surface area contributed by atoms with Crippen LogP contribution in [0, 0.1) is 12.8 Å². The lowest BCUT2D eigenvalue weighted by Gasteiger charge is -2.32. The van der Waals surface area contributed by atoms with Crippen LogP contribution < -0.4 is 9.80 Å². The molecule has 0 aliphatic carbocycles. The zero-order valence-electron chi connectivity index (χ0n) is 13.4. The van der Waals surface area contributed by atoms with Crippen molar-refractivity contribution in [3.63, 3.8) is 0 Å². The summed E-state index contributed by atoms with van der Waals surface area (Å²) < 4.78 is 5.00. The maximum absolute atomic E-state index is 5.00. The lowest BCUT2D eigenvalue weighted by atomic mass is 10.0. The van der Waals surface area contributed by atoms with Crippen LogP contribution in [0.3, 0.4) is 0 Å². The van der Waals surface area contributed by atoms with Gasteiger partial charge in [-0.1, -0.05) is 12.1 Å². The van der Waals surface area contributed by atoms with Gasteiger partial charge in [-0.25, -0.2) is 9.97 Å². The highest BCUT2D eigenvalue weighted by Crippen LogP contribution is 2.23. The summed E-state index contributed by atoms with van der Waals surface area (Å²) in [5, 5.41) is 3.92. The van der Waals surface area contributed by atoms with Crippen LogP contribution >= 0.6 is 0 Å². The van der Waals surface area contributed by atoms with Gasteiger partial charge in [-0.15, -0.1) is 0 Å². The average molecular weight is 302 g/mol. The Balaban J connectivity index is 1.72. The molecule has 3 heterocycles. The van der Waals surface area contributed by atoms with Crippen molar-refractivity contribution in [1.82, 2.24) is 20.1 Å². The van der Waals surface area contributed by atoms with Crippen molar-refractivity contribution in [2.45, 2.75) is 33.2 Å². The SMILES string of the molecule is Cc1nc(CN(C)c2cc(N3CCCC(C)C3)ncn2)no1. The maximum Gasteiger partial charge on any atom is 0.223 e. The Morgan fingerprint density at radius 2 is 2.27 bits per heavy atom. The normalized spacial score (nSPS) is 18.5. The van der Waals surface area contributed by atoms with Gasteiger partial charge < -0.3 is 14.3 Å². The Bertz CT molecular complexity index is 628. The minimum absolute atomic E-state index is 0.560. The average Bonchev–Trinajstić information content (AvgIpc) is 2.92. The van der Waals surface area contributed by atoms with Crippen LogP contribution in [-0.4, -0.2) is 40.2 Å². The van der Waals surface area contributed by atoms with Crippen LogP contribution in [0.5, 0.6) is 0 Å².